The molecule has 1 spiro atoms. The Bertz CT molecular complexity index is 2110. The van der Waals surface area contributed by atoms with Crippen molar-refractivity contribution in [3.63, 3.8) is 0 Å². The summed E-state index contributed by atoms with van der Waals surface area (Å²) in [5, 5.41) is 27.9. The largest absolute Gasteiger partial charge is 0.456 e. The normalized spacial score (nSPS) is 33.3. The van der Waals surface area contributed by atoms with Gasteiger partial charge in [0.05, 0.1) is 24.1 Å². The summed E-state index contributed by atoms with van der Waals surface area (Å²) in [5.74, 6) is -5.65. The van der Waals surface area contributed by atoms with Gasteiger partial charge in [0.25, 0.3) is 0 Å². The zero-order valence-electron chi connectivity index (χ0n) is 35.0. The number of alkyl carbamates (subject to hydrolysis) is 1. The van der Waals surface area contributed by atoms with Gasteiger partial charge in [-0.15, -0.1) is 0 Å². The molecule has 0 radical (unpaired) electrons. The van der Waals surface area contributed by atoms with Gasteiger partial charge in [0.2, 0.25) is 0 Å². The number of aliphatic hydroxyl groups is 2. The molecule has 1 heterocycles. The Balaban J connectivity index is 1.37. The first-order valence-corrected chi connectivity index (χ1v) is 20.2. The van der Waals surface area contributed by atoms with Gasteiger partial charge >= 0.3 is 30.0 Å². The molecule has 2 bridgehead atoms. The van der Waals surface area contributed by atoms with E-state index in [4.69, 9.17) is 28.4 Å². The summed E-state index contributed by atoms with van der Waals surface area (Å²) in [6.07, 6.45) is -8.18. The van der Waals surface area contributed by atoms with E-state index in [0.717, 1.165) is 6.92 Å². The van der Waals surface area contributed by atoms with Crippen LogP contribution in [0.1, 0.15) is 96.6 Å². The van der Waals surface area contributed by atoms with E-state index in [1.807, 2.05) is 0 Å². The fourth-order valence-corrected chi connectivity index (χ4v) is 10.4. The first-order valence-electron chi connectivity index (χ1n) is 20.2. The molecule has 1 aliphatic heterocycles. The van der Waals surface area contributed by atoms with Crippen LogP contribution in [0.5, 0.6) is 0 Å². The Labute approximate surface area is 348 Å². The molecular formula is C45H53NO14. The summed E-state index contributed by atoms with van der Waals surface area (Å²) in [6, 6.07) is 14.9. The number of aliphatic hydroxyl groups excluding tert-OH is 1. The maximum atomic E-state index is 15.4. The summed E-state index contributed by atoms with van der Waals surface area (Å²) < 4.78 is 36.0. The summed E-state index contributed by atoms with van der Waals surface area (Å²) in [6.45, 7) is 12.0. The molecule has 4 fully saturated rings. The Hall–Kier alpha value is -5.12. The summed E-state index contributed by atoms with van der Waals surface area (Å²) in [5.41, 5.74) is -6.79. The first kappa shape index (κ1) is 43.0. The second-order valence-corrected chi connectivity index (χ2v) is 18.3. The second kappa shape index (κ2) is 15.1. The summed E-state index contributed by atoms with van der Waals surface area (Å²) in [4.78, 5) is 82.8. The van der Waals surface area contributed by atoms with Crippen molar-refractivity contribution in [2.75, 3.05) is 6.61 Å². The van der Waals surface area contributed by atoms with Crippen molar-refractivity contribution >= 4 is 35.8 Å². The molecule has 1 saturated heterocycles. The van der Waals surface area contributed by atoms with E-state index in [9.17, 15) is 34.2 Å². The molecule has 5 aliphatic rings. The van der Waals surface area contributed by atoms with Crippen LogP contribution in [0.4, 0.5) is 4.79 Å². The molecule has 60 heavy (non-hydrogen) atoms. The minimum absolute atomic E-state index is 0.128. The van der Waals surface area contributed by atoms with Gasteiger partial charge in [0.15, 0.2) is 23.6 Å². The van der Waals surface area contributed by atoms with Crippen molar-refractivity contribution in [3.8, 4) is 0 Å². The summed E-state index contributed by atoms with van der Waals surface area (Å²) >= 11 is 0. The lowest BCUT2D eigenvalue weighted by atomic mass is 9.48. The highest BCUT2D eigenvalue weighted by Gasteiger charge is 2.84. The number of Topliss-reactive ketones (excluding diaryl/α,β-unsaturated/α-hetero) is 1. The first-order chi connectivity index (χ1) is 28.1. The van der Waals surface area contributed by atoms with Crippen LogP contribution < -0.4 is 5.32 Å². The lowest BCUT2D eigenvalue weighted by Crippen LogP contribution is -2.78. The van der Waals surface area contributed by atoms with Gasteiger partial charge in [0, 0.05) is 31.1 Å². The predicted molar refractivity (Wildman–Crippen MR) is 210 cm³/mol. The monoisotopic (exact) mass is 831 g/mol. The third-order valence-electron chi connectivity index (χ3n) is 13.2. The van der Waals surface area contributed by atoms with Crippen molar-refractivity contribution in [2.45, 2.75) is 128 Å². The van der Waals surface area contributed by atoms with Crippen LogP contribution >= 0.6 is 0 Å². The fourth-order valence-electron chi connectivity index (χ4n) is 10.4. The van der Waals surface area contributed by atoms with Gasteiger partial charge in [-0.05, 0) is 75.3 Å². The summed E-state index contributed by atoms with van der Waals surface area (Å²) in [7, 11) is 0. The highest BCUT2D eigenvalue weighted by atomic mass is 16.6. The predicted octanol–water partition coefficient (Wildman–Crippen LogP) is 4.47. The number of benzene rings is 2. The topological polar surface area (TPSA) is 210 Å². The van der Waals surface area contributed by atoms with Crippen molar-refractivity contribution in [3.05, 3.63) is 82.9 Å². The molecule has 3 N–H and O–H groups in total. The van der Waals surface area contributed by atoms with Gasteiger partial charge in [0.1, 0.15) is 29.5 Å². The molecule has 1 amide bonds. The molecular weight excluding hydrogens is 778 g/mol. The van der Waals surface area contributed by atoms with Crippen LogP contribution in [0.25, 0.3) is 0 Å². The molecule has 4 aliphatic carbocycles. The fraction of sp³-hybridized carbons (Fsp3) is 0.556. The van der Waals surface area contributed by atoms with Crippen LogP contribution in [-0.4, -0.2) is 99.9 Å². The number of hydrogen-bond donors (Lipinski definition) is 3. The van der Waals surface area contributed by atoms with Gasteiger partial charge in [-0.1, -0.05) is 62.4 Å². The lowest BCUT2D eigenvalue weighted by molar-refractivity contribution is -0.323. The van der Waals surface area contributed by atoms with E-state index in [1.54, 1.807) is 90.1 Å². The lowest BCUT2D eigenvalue weighted by Gasteiger charge is -2.64. The number of fused-ring (bicyclic) bond motifs is 4. The highest BCUT2D eigenvalue weighted by Crippen LogP contribution is 2.74. The maximum Gasteiger partial charge on any atom is 0.408 e. The Morgan fingerprint density at radius 1 is 0.900 bits per heavy atom. The number of ether oxygens (including phenoxy) is 6. The highest BCUT2D eigenvalue weighted by molar-refractivity contribution is 5.97. The third kappa shape index (κ3) is 7.07. The number of amides is 1. The minimum Gasteiger partial charge on any atom is -0.456 e. The van der Waals surface area contributed by atoms with Crippen molar-refractivity contribution in [1.29, 1.82) is 0 Å². The molecule has 15 nitrogen and oxygen atoms in total. The average Bonchev–Trinajstić information content (AvgIpc) is 3.90. The van der Waals surface area contributed by atoms with E-state index in [0.29, 0.717) is 12.0 Å². The molecule has 11 atom stereocenters. The van der Waals surface area contributed by atoms with Crippen molar-refractivity contribution < 1.29 is 67.4 Å². The van der Waals surface area contributed by atoms with Gasteiger partial charge in [-0.3, -0.25) is 14.4 Å². The Morgan fingerprint density at radius 3 is 2.10 bits per heavy atom. The number of hydrogen-bond acceptors (Lipinski definition) is 14. The van der Waals surface area contributed by atoms with Crippen LogP contribution in [0.3, 0.4) is 0 Å². The molecule has 2 aromatic rings. The van der Waals surface area contributed by atoms with E-state index in [-0.39, 0.29) is 35.7 Å². The van der Waals surface area contributed by atoms with Crippen molar-refractivity contribution in [1.82, 2.24) is 5.32 Å². The number of ketones is 1. The number of carbonyl (C=O) groups excluding carboxylic acids is 6. The van der Waals surface area contributed by atoms with E-state index in [1.165, 1.54) is 19.1 Å². The molecule has 1 unspecified atom stereocenters. The minimum atomic E-state index is -2.25. The number of rotatable bonds is 9. The Morgan fingerprint density at radius 2 is 1.53 bits per heavy atom. The standard InChI is InChI=1S/C45H53NO14/c1-23-29(57-39(52)33(49)32(26-15-11-9-12-16-26)46-40(53)60-41(4,5)6)21-45(54)37(58-38(51)27-17-13-10-14-18-27)35-43(36(50)34(56-24(2)47)31(23)42(45,7)8)20-28(43)19-30-44(35,22-55-30)59-25(3)48/h9-18,28-30,32-35,37,49,54H,19-22H2,1-8H3,(H,46,53)/t28?,29-,30+,32-,33+,34+,35-,37-,43+,44-,45+/m0/s1. The van der Waals surface area contributed by atoms with E-state index in [2.05, 4.69) is 5.32 Å². The number of carbonyl (C=O) groups is 6. The number of esters is 4. The molecule has 3 saturated carbocycles. The van der Waals surface area contributed by atoms with Gasteiger partial charge in [-0.25, -0.2) is 14.4 Å². The second-order valence-electron chi connectivity index (χ2n) is 18.3. The van der Waals surface area contributed by atoms with Crippen molar-refractivity contribution in [2.24, 2.45) is 22.7 Å². The van der Waals surface area contributed by atoms with Gasteiger partial charge < -0.3 is 44.0 Å². The van der Waals surface area contributed by atoms with Crippen LogP contribution in [0.2, 0.25) is 0 Å². The average molecular weight is 832 g/mol. The maximum absolute atomic E-state index is 15.4. The Kier molecular flexibility index (Phi) is 10.8. The molecule has 15 heteroatoms. The molecule has 2 aromatic carbocycles. The molecule has 7 rings (SSSR count). The van der Waals surface area contributed by atoms with E-state index < -0.39 is 112 Å². The molecule has 322 valence electrons. The van der Waals surface area contributed by atoms with Crippen LogP contribution in [0.15, 0.2) is 71.8 Å². The number of nitrogens with one attached hydrogen (secondary N) is 1. The molecule has 0 aromatic heterocycles. The van der Waals surface area contributed by atoms with E-state index >= 15 is 4.79 Å². The van der Waals surface area contributed by atoms with Crippen LogP contribution in [-0.2, 0) is 47.6 Å². The zero-order valence-corrected chi connectivity index (χ0v) is 35.0. The van der Waals surface area contributed by atoms with Gasteiger partial charge in [-0.2, -0.15) is 0 Å². The quantitative estimate of drug-likeness (QED) is 0.181. The SMILES string of the molecule is CC(=O)O[C@H]1C(=O)[C@]23CC2C[C@H]2OC[C@@]2(OC(C)=O)[C@H]3[C@H](OC(=O)c2ccccc2)[C@]2(O)C[C@H](OC(=O)[C@H](O)[C@@H](NC(=O)OC(C)(C)C)c3ccccc3)C(C)=C1C2(C)C. The van der Waals surface area contributed by atoms with Crippen LogP contribution in [0, 0.1) is 22.7 Å². The smallest absolute Gasteiger partial charge is 0.408 e. The third-order valence-corrected chi connectivity index (χ3v) is 13.2. The zero-order chi connectivity index (χ0) is 43.7.